The van der Waals surface area contributed by atoms with E-state index in [1.165, 1.54) is 0 Å². The summed E-state index contributed by atoms with van der Waals surface area (Å²) in [5, 5.41) is 3.24. The van der Waals surface area contributed by atoms with Gasteiger partial charge in [-0.2, -0.15) is 0 Å². The minimum Gasteiger partial charge on any atom is -0.321 e. The average molecular weight is 312 g/mol. The molecule has 2 rings (SSSR count). The van der Waals surface area contributed by atoms with Gasteiger partial charge in [-0.25, -0.2) is 0 Å². The summed E-state index contributed by atoms with van der Waals surface area (Å²) < 4.78 is 0.765. The Hall–Kier alpha value is -1.39. The predicted molar refractivity (Wildman–Crippen MR) is 71.3 cm³/mol. The first-order valence-corrected chi connectivity index (χ1v) is 6.00. The molecule has 2 aromatic rings. The van der Waals surface area contributed by atoms with E-state index in [9.17, 15) is 4.79 Å². The van der Waals surface area contributed by atoms with Crippen molar-refractivity contribution in [3.8, 4) is 0 Å². The molecule has 0 bridgehead atoms. The Morgan fingerprint density at radius 3 is 2.82 bits per heavy atom. The maximum Gasteiger partial charge on any atom is 0.255 e. The largest absolute Gasteiger partial charge is 0.321 e. The van der Waals surface area contributed by atoms with Crippen molar-refractivity contribution < 1.29 is 4.79 Å². The van der Waals surface area contributed by atoms with Gasteiger partial charge in [0.05, 0.1) is 11.9 Å². The first-order valence-electron chi connectivity index (χ1n) is 4.82. The van der Waals surface area contributed by atoms with Crippen molar-refractivity contribution in [2.75, 3.05) is 5.32 Å². The van der Waals surface area contributed by atoms with Crippen LogP contribution in [0.15, 0.2) is 47.2 Å². The van der Waals surface area contributed by atoms with E-state index in [0.29, 0.717) is 16.3 Å². The number of halogens is 2. The van der Waals surface area contributed by atoms with Gasteiger partial charge in [0.15, 0.2) is 0 Å². The number of carbonyl (C=O) groups is 1. The average Bonchev–Trinajstić information content (AvgIpc) is 2.29. The van der Waals surface area contributed by atoms with Crippen molar-refractivity contribution in [1.29, 1.82) is 0 Å². The summed E-state index contributed by atoms with van der Waals surface area (Å²) in [6.45, 7) is 0. The highest BCUT2D eigenvalue weighted by Crippen LogP contribution is 2.20. The number of aromatic nitrogens is 1. The molecule has 1 aromatic carbocycles. The molecule has 0 atom stereocenters. The topological polar surface area (TPSA) is 42.0 Å². The van der Waals surface area contributed by atoms with Crippen LogP contribution < -0.4 is 5.32 Å². The van der Waals surface area contributed by atoms with Crippen molar-refractivity contribution in [2.24, 2.45) is 0 Å². The molecule has 0 saturated heterocycles. The summed E-state index contributed by atoms with van der Waals surface area (Å²) >= 11 is 9.16. The van der Waals surface area contributed by atoms with Gasteiger partial charge in [-0.15, -0.1) is 0 Å². The lowest BCUT2D eigenvalue weighted by Gasteiger charge is -2.05. The van der Waals surface area contributed by atoms with E-state index in [1.54, 1.807) is 42.7 Å². The van der Waals surface area contributed by atoms with Crippen LogP contribution >= 0.6 is 27.5 Å². The number of amides is 1. The third-order valence-electron chi connectivity index (χ3n) is 2.04. The molecule has 0 aliphatic carbocycles. The van der Waals surface area contributed by atoms with Crippen LogP contribution in [-0.2, 0) is 0 Å². The van der Waals surface area contributed by atoms with Crippen LogP contribution in [-0.4, -0.2) is 10.9 Å². The molecule has 1 heterocycles. The summed E-state index contributed by atoms with van der Waals surface area (Å²) in [5.74, 6) is -0.221. The van der Waals surface area contributed by atoms with Crippen LogP contribution in [0.1, 0.15) is 10.4 Å². The van der Waals surface area contributed by atoms with Crippen LogP contribution in [0, 0.1) is 0 Å². The highest BCUT2D eigenvalue weighted by atomic mass is 79.9. The summed E-state index contributed by atoms with van der Waals surface area (Å²) in [6.07, 6.45) is 3.23. The van der Waals surface area contributed by atoms with E-state index in [4.69, 9.17) is 11.6 Å². The third kappa shape index (κ3) is 3.28. The van der Waals surface area contributed by atoms with Crippen molar-refractivity contribution in [2.45, 2.75) is 0 Å². The minimum absolute atomic E-state index is 0.221. The Labute approximate surface area is 112 Å². The van der Waals surface area contributed by atoms with Gasteiger partial charge in [0.2, 0.25) is 0 Å². The molecule has 1 aromatic heterocycles. The van der Waals surface area contributed by atoms with Gasteiger partial charge in [-0.3, -0.25) is 9.78 Å². The number of nitrogens with zero attached hydrogens (tertiary/aromatic N) is 1. The van der Waals surface area contributed by atoms with Crippen molar-refractivity contribution in [3.63, 3.8) is 0 Å². The second-order valence-corrected chi connectivity index (χ2v) is 4.71. The zero-order chi connectivity index (χ0) is 12.3. The standard InChI is InChI=1S/C12H8BrClN2O/c13-9-4-8(5-10(14)6-9)12(17)16-11-2-1-3-15-7-11/h1-7H,(H,16,17). The molecule has 0 spiro atoms. The molecule has 0 fully saturated rings. The number of benzene rings is 1. The van der Waals surface area contributed by atoms with Crippen molar-refractivity contribution in [1.82, 2.24) is 4.98 Å². The van der Waals surface area contributed by atoms with E-state index in [1.807, 2.05) is 0 Å². The number of hydrogen-bond acceptors (Lipinski definition) is 2. The molecule has 17 heavy (non-hydrogen) atoms. The van der Waals surface area contributed by atoms with E-state index >= 15 is 0 Å². The molecular weight excluding hydrogens is 304 g/mol. The fraction of sp³-hybridized carbons (Fsp3) is 0. The maximum atomic E-state index is 11.9. The molecule has 0 saturated carbocycles. The molecule has 0 radical (unpaired) electrons. The second kappa shape index (κ2) is 5.29. The van der Waals surface area contributed by atoms with Crippen LogP contribution in [0.5, 0.6) is 0 Å². The van der Waals surface area contributed by atoms with Gasteiger partial charge in [0, 0.05) is 21.3 Å². The van der Waals surface area contributed by atoms with Gasteiger partial charge < -0.3 is 5.32 Å². The number of hydrogen-bond donors (Lipinski definition) is 1. The number of nitrogens with one attached hydrogen (secondary N) is 1. The smallest absolute Gasteiger partial charge is 0.255 e. The zero-order valence-electron chi connectivity index (χ0n) is 8.65. The lowest BCUT2D eigenvalue weighted by Crippen LogP contribution is -2.11. The van der Waals surface area contributed by atoms with Crippen LogP contribution in [0.25, 0.3) is 0 Å². The predicted octanol–water partition coefficient (Wildman–Crippen LogP) is 3.75. The van der Waals surface area contributed by atoms with E-state index < -0.39 is 0 Å². The maximum absolute atomic E-state index is 11.9. The van der Waals surface area contributed by atoms with Gasteiger partial charge in [-0.05, 0) is 30.3 Å². The fourth-order valence-corrected chi connectivity index (χ4v) is 2.19. The van der Waals surface area contributed by atoms with Gasteiger partial charge in [0.25, 0.3) is 5.91 Å². The van der Waals surface area contributed by atoms with E-state index in [-0.39, 0.29) is 5.91 Å². The van der Waals surface area contributed by atoms with Crippen molar-refractivity contribution >= 4 is 39.1 Å². The Kier molecular flexibility index (Phi) is 3.76. The van der Waals surface area contributed by atoms with E-state index in [0.717, 1.165) is 4.47 Å². The molecule has 0 unspecified atom stereocenters. The summed E-state index contributed by atoms with van der Waals surface area (Å²) in [4.78, 5) is 15.8. The molecule has 1 N–H and O–H groups in total. The van der Waals surface area contributed by atoms with Crippen LogP contribution in [0.2, 0.25) is 5.02 Å². The molecule has 0 aliphatic rings. The fourth-order valence-electron chi connectivity index (χ4n) is 1.32. The molecular formula is C12H8BrClN2O. The van der Waals surface area contributed by atoms with E-state index in [2.05, 4.69) is 26.2 Å². The Bertz CT molecular complexity index is 525. The number of carbonyl (C=O) groups excluding carboxylic acids is 1. The van der Waals surface area contributed by atoms with Gasteiger partial charge in [0.1, 0.15) is 0 Å². The van der Waals surface area contributed by atoms with Crippen LogP contribution in [0.3, 0.4) is 0 Å². The van der Waals surface area contributed by atoms with Gasteiger partial charge >= 0.3 is 0 Å². The zero-order valence-corrected chi connectivity index (χ0v) is 11.0. The molecule has 5 heteroatoms. The molecule has 1 amide bonds. The Morgan fingerprint density at radius 1 is 1.35 bits per heavy atom. The molecule has 3 nitrogen and oxygen atoms in total. The monoisotopic (exact) mass is 310 g/mol. The Morgan fingerprint density at radius 2 is 2.18 bits per heavy atom. The normalized spacial score (nSPS) is 10.0. The summed E-state index contributed by atoms with van der Waals surface area (Å²) in [5.41, 5.74) is 1.14. The summed E-state index contributed by atoms with van der Waals surface area (Å²) in [7, 11) is 0. The number of anilines is 1. The SMILES string of the molecule is O=C(Nc1cccnc1)c1cc(Cl)cc(Br)c1. The third-order valence-corrected chi connectivity index (χ3v) is 2.72. The highest BCUT2D eigenvalue weighted by Gasteiger charge is 2.07. The lowest BCUT2D eigenvalue weighted by atomic mass is 10.2. The molecule has 86 valence electrons. The highest BCUT2D eigenvalue weighted by molar-refractivity contribution is 9.10. The number of pyridine rings is 1. The summed E-state index contributed by atoms with van der Waals surface area (Å²) in [6, 6.07) is 8.56. The van der Waals surface area contributed by atoms with Crippen LogP contribution in [0.4, 0.5) is 5.69 Å². The minimum atomic E-state index is -0.221. The first-order chi connectivity index (χ1) is 8.15. The quantitative estimate of drug-likeness (QED) is 0.918. The first kappa shape index (κ1) is 12.1. The van der Waals surface area contributed by atoms with Gasteiger partial charge in [-0.1, -0.05) is 27.5 Å². The van der Waals surface area contributed by atoms with Crippen molar-refractivity contribution in [3.05, 3.63) is 57.8 Å². The molecule has 0 aliphatic heterocycles. The number of rotatable bonds is 2. The second-order valence-electron chi connectivity index (χ2n) is 3.35. The lowest BCUT2D eigenvalue weighted by molar-refractivity contribution is 0.102. The Balaban J connectivity index is 2.20.